The molecule has 0 bridgehead atoms. The minimum Gasteiger partial charge on any atom is -0.386 e. The summed E-state index contributed by atoms with van der Waals surface area (Å²) in [5.41, 5.74) is 0.597. The lowest BCUT2D eigenvalue weighted by Gasteiger charge is -2.10. The third kappa shape index (κ3) is 3.44. The molecule has 0 unspecified atom stereocenters. The number of carbonyl (C=O) groups excluding carboxylic acids is 1. The molecule has 2 heterocycles. The molecule has 0 aliphatic heterocycles. The zero-order valence-corrected chi connectivity index (χ0v) is 13.4. The van der Waals surface area contributed by atoms with E-state index in [-0.39, 0.29) is 12.5 Å². The van der Waals surface area contributed by atoms with Gasteiger partial charge in [0.05, 0.1) is 0 Å². The fraction of sp³-hybridized carbons (Fsp3) is 0.118. The van der Waals surface area contributed by atoms with Crippen molar-refractivity contribution in [1.29, 1.82) is 0 Å². The molecule has 1 atom stereocenters. The van der Waals surface area contributed by atoms with Gasteiger partial charge in [0.2, 0.25) is 0 Å². The maximum Gasteiger partial charge on any atom is 0.251 e. The van der Waals surface area contributed by atoms with E-state index in [0.29, 0.717) is 5.56 Å². The van der Waals surface area contributed by atoms with E-state index >= 15 is 0 Å². The average Bonchev–Trinajstić information content (AvgIpc) is 3.23. The van der Waals surface area contributed by atoms with Crippen molar-refractivity contribution < 1.29 is 9.90 Å². The molecule has 0 aliphatic rings. The molecular weight excluding hydrogens is 314 g/mol. The van der Waals surface area contributed by atoms with Crippen LogP contribution in [0.1, 0.15) is 21.3 Å². The maximum atomic E-state index is 12.0. The molecule has 0 saturated heterocycles. The van der Waals surface area contributed by atoms with E-state index in [1.165, 1.54) is 4.88 Å². The summed E-state index contributed by atoms with van der Waals surface area (Å²) in [5.74, 6) is -0.172. The quantitative estimate of drug-likeness (QED) is 0.745. The van der Waals surface area contributed by atoms with E-state index in [1.54, 1.807) is 34.8 Å². The van der Waals surface area contributed by atoms with E-state index in [2.05, 4.69) is 11.4 Å². The number of rotatable bonds is 5. The maximum absolute atomic E-state index is 12.0. The van der Waals surface area contributed by atoms with Crippen molar-refractivity contribution in [1.82, 2.24) is 5.32 Å². The SMILES string of the molecule is O=C(NC[C@H](O)c1ccc(-c2cccs2)s1)c1ccccc1. The van der Waals surface area contributed by atoms with Crippen LogP contribution in [0.15, 0.2) is 60.0 Å². The number of aliphatic hydroxyl groups is 1. The topological polar surface area (TPSA) is 49.3 Å². The molecule has 1 amide bonds. The highest BCUT2D eigenvalue weighted by Gasteiger charge is 2.13. The molecule has 3 rings (SSSR count). The Balaban J connectivity index is 1.60. The molecular formula is C17H15NO2S2. The van der Waals surface area contributed by atoms with Crippen molar-refractivity contribution in [3.63, 3.8) is 0 Å². The van der Waals surface area contributed by atoms with Crippen LogP contribution in [0.4, 0.5) is 0 Å². The van der Waals surface area contributed by atoms with Gasteiger partial charge in [0.15, 0.2) is 0 Å². The third-order valence-electron chi connectivity index (χ3n) is 3.21. The molecule has 0 fully saturated rings. The Morgan fingerprint density at radius 1 is 1.05 bits per heavy atom. The minimum absolute atomic E-state index is 0.172. The highest BCUT2D eigenvalue weighted by Crippen LogP contribution is 2.33. The van der Waals surface area contributed by atoms with E-state index in [4.69, 9.17) is 0 Å². The predicted octanol–water partition coefficient (Wildman–Crippen LogP) is 3.94. The van der Waals surface area contributed by atoms with Crippen LogP contribution in [0.25, 0.3) is 9.75 Å². The van der Waals surface area contributed by atoms with Gasteiger partial charge in [0.1, 0.15) is 6.10 Å². The highest BCUT2D eigenvalue weighted by molar-refractivity contribution is 7.21. The second-order valence-electron chi connectivity index (χ2n) is 4.77. The lowest BCUT2D eigenvalue weighted by atomic mass is 10.2. The number of hydrogen-bond acceptors (Lipinski definition) is 4. The summed E-state index contributed by atoms with van der Waals surface area (Å²) in [7, 11) is 0. The monoisotopic (exact) mass is 329 g/mol. The third-order valence-corrected chi connectivity index (χ3v) is 5.46. The molecule has 3 aromatic rings. The molecule has 1 aromatic carbocycles. The van der Waals surface area contributed by atoms with Crippen LogP contribution >= 0.6 is 22.7 Å². The van der Waals surface area contributed by atoms with Crippen molar-refractivity contribution >= 4 is 28.6 Å². The summed E-state index contributed by atoms with van der Waals surface area (Å²) >= 11 is 3.23. The zero-order valence-electron chi connectivity index (χ0n) is 11.7. The van der Waals surface area contributed by atoms with Gasteiger partial charge in [-0.3, -0.25) is 4.79 Å². The van der Waals surface area contributed by atoms with Gasteiger partial charge in [-0.1, -0.05) is 24.3 Å². The molecule has 0 radical (unpaired) electrons. The molecule has 0 aliphatic carbocycles. The molecule has 3 nitrogen and oxygen atoms in total. The summed E-state index contributed by atoms with van der Waals surface area (Å²) in [6.07, 6.45) is -0.689. The first-order chi connectivity index (χ1) is 10.7. The normalized spacial score (nSPS) is 12.0. The first-order valence-electron chi connectivity index (χ1n) is 6.89. The standard InChI is InChI=1S/C17H15NO2S2/c19-13(11-18-17(20)12-5-2-1-3-6-12)14-8-9-16(22-14)15-7-4-10-21-15/h1-10,13,19H,11H2,(H,18,20)/t13-/m0/s1. The molecule has 0 saturated carbocycles. The van der Waals surface area contributed by atoms with Crippen LogP contribution in [0.2, 0.25) is 0 Å². The fourth-order valence-corrected chi connectivity index (χ4v) is 3.89. The van der Waals surface area contributed by atoms with E-state index in [0.717, 1.165) is 9.75 Å². The van der Waals surface area contributed by atoms with Crippen molar-refractivity contribution in [3.8, 4) is 9.75 Å². The molecule has 2 aromatic heterocycles. The van der Waals surface area contributed by atoms with Crippen LogP contribution < -0.4 is 5.32 Å². The van der Waals surface area contributed by atoms with Gasteiger partial charge in [0.25, 0.3) is 5.91 Å². The van der Waals surface area contributed by atoms with E-state index < -0.39 is 6.10 Å². The summed E-state index contributed by atoms with van der Waals surface area (Å²) in [4.78, 5) is 15.1. The van der Waals surface area contributed by atoms with Gasteiger partial charge >= 0.3 is 0 Å². The lowest BCUT2D eigenvalue weighted by molar-refractivity contribution is 0.0918. The number of benzene rings is 1. The molecule has 22 heavy (non-hydrogen) atoms. The van der Waals surface area contributed by atoms with Crippen LogP contribution in [0.5, 0.6) is 0 Å². The zero-order chi connectivity index (χ0) is 15.4. The number of hydrogen-bond donors (Lipinski definition) is 2. The molecule has 0 spiro atoms. The average molecular weight is 329 g/mol. The first kappa shape index (κ1) is 15.0. The second kappa shape index (κ2) is 6.87. The second-order valence-corrected chi connectivity index (χ2v) is 6.83. The van der Waals surface area contributed by atoms with Crippen molar-refractivity contribution in [3.05, 3.63) is 70.4 Å². The summed E-state index contributed by atoms with van der Waals surface area (Å²) < 4.78 is 0. The Bertz CT molecular complexity index is 735. The lowest BCUT2D eigenvalue weighted by Crippen LogP contribution is -2.27. The Kier molecular flexibility index (Phi) is 4.68. The Morgan fingerprint density at radius 2 is 1.86 bits per heavy atom. The molecule has 112 valence electrons. The van der Waals surface area contributed by atoms with Crippen molar-refractivity contribution in [2.45, 2.75) is 6.10 Å². The number of carbonyl (C=O) groups is 1. The van der Waals surface area contributed by atoms with Gasteiger partial charge < -0.3 is 10.4 Å². The van der Waals surface area contributed by atoms with E-state index in [9.17, 15) is 9.90 Å². The number of thiophene rings is 2. The number of aliphatic hydroxyl groups excluding tert-OH is 1. The number of amides is 1. The van der Waals surface area contributed by atoms with Gasteiger partial charge in [-0.05, 0) is 35.7 Å². The van der Waals surface area contributed by atoms with Crippen LogP contribution in [-0.2, 0) is 0 Å². The van der Waals surface area contributed by atoms with Gasteiger partial charge in [0, 0.05) is 26.7 Å². The predicted molar refractivity (Wildman–Crippen MR) is 91.4 cm³/mol. The van der Waals surface area contributed by atoms with Crippen LogP contribution in [0.3, 0.4) is 0 Å². The Hall–Kier alpha value is -1.95. The van der Waals surface area contributed by atoms with Gasteiger partial charge in [-0.15, -0.1) is 22.7 Å². The summed E-state index contributed by atoms with van der Waals surface area (Å²) in [6.45, 7) is 0.206. The molecule has 5 heteroatoms. The Labute approximate surface area is 136 Å². The molecule has 2 N–H and O–H groups in total. The summed E-state index contributed by atoms with van der Waals surface area (Å²) in [6, 6.07) is 17.0. The number of nitrogens with one attached hydrogen (secondary N) is 1. The summed E-state index contributed by atoms with van der Waals surface area (Å²) in [5, 5.41) is 15.0. The first-order valence-corrected chi connectivity index (χ1v) is 8.58. The minimum atomic E-state index is -0.689. The van der Waals surface area contributed by atoms with Crippen LogP contribution in [-0.4, -0.2) is 17.6 Å². The van der Waals surface area contributed by atoms with Gasteiger partial charge in [-0.25, -0.2) is 0 Å². The fourth-order valence-electron chi connectivity index (χ4n) is 2.06. The van der Waals surface area contributed by atoms with E-state index in [1.807, 2.05) is 41.8 Å². The smallest absolute Gasteiger partial charge is 0.251 e. The largest absolute Gasteiger partial charge is 0.386 e. The Morgan fingerprint density at radius 3 is 2.59 bits per heavy atom. The van der Waals surface area contributed by atoms with Crippen molar-refractivity contribution in [2.24, 2.45) is 0 Å². The van der Waals surface area contributed by atoms with Gasteiger partial charge in [-0.2, -0.15) is 0 Å². The van der Waals surface area contributed by atoms with Crippen molar-refractivity contribution in [2.75, 3.05) is 6.54 Å². The van der Waals surface area contributed by atoms with Crippen LogP contribution in [0, 0.1) is 0 Å². The highest BCUT2D eigenvalue weighted by atomic mass is 32.1.